The standard InChI is InChI=1S/C17H20N2/c1-18(2)14-9-15-19(16-10-5-3-6-11-16)17-12-7-4-8-13-17/h3-7,10-12H,9,14-15H2,1-2H3. The molecule has 19 heavy (non-hydrogen) atoms. The van der Waals surface area contributed by atoms with E-state index in [1.807, 2.05) is 18.2 Å². The van der Waals surface area contributed by atoms with Crippen LogP contribution in [-0.2, 0) is 0 Å². The molecule has 0 fully saturated rings. The van der Waals surface area contributed by atoms with Crippen LogP contribution in [0.2, 0.25) is 0 Å². The van der Waals surface area contributed by atoms with Gasteiger partial charge >= 0.3 is 0 Å². The summed E-state index contributed by atoms with van der Waals surface area (Å²) in [6, 6.07) is 22.7. The number of anilines is 2. The van der Waals surface area contributed by atoms with Crippen molar-refractivity contribution in [2.75, 3.05) is 32.1 Å². The van der Waals surface area contributed by atoms with E-state index in [1.54, 1.807) is 0 Å². The van der Waals surface area contributed by atoms with Crippen LogP contribution in [0.15, 0.2) is 48.5 Å². The maximum absolute atomic E-state index is 3.19. The van der Waals surface area contributed by atoms with Gasteiger partial charge in [0.25, 0.3) is 0 Å². The zero-order valence-electron chi connectivity index (χ0n) is 11.6. The minimum atomic E-state index is 0.983. The fourth-order valence-corrected chi connectivity index (χ4v) is 2.04. The van der Waals surface area contributed by atoms with Crippen molar-refractivity contribution in [3.63, 3.8) is 0 Å². The van der Waals surface area contributed by atoms with Crippen LogP contribution < -0.4 is 4.90 Å². The molecule has 2 rings (SSSR count). The quantitative estimate of drug-likeness (QED) is 0.777. The Hall–Kier alpha value is -1.98. The topological polar surface area (TPSA) is 6.48 Å². The second-order valence-electron chi connectivity index (χ2n) is 4.82. The summed E-state index contributed by atoms with van der Waals surface area (Å²) in [5.41, 5.74) is 2.28. The van der Waals surface area contributed by atoms with Gasteiger partial charge in [-0.2, -0.15) is 0 Å². The lowest BCUT2D eigenvalue weighted by Gasteiger charge is -2.24. The first-order chi connectivity index (χ1) is 9.27. The van der Waals surface area contributed by atoms with Crippen molar-refractivity contribution in [2.45, 2.75) is 6.42 Å². The average molecular weight is 252 g/mol. The first-order valence-corrected chi connectivity index (χ1v) is 6.63. The zero-order chi connectivity index (χ0) is 13.5. The average Bonchev–Trinajstić information content (AvgIpc) is 2.45. The fraction of sp³-hybridized carbons (Fsp3) is 0.294. The van der Waals surface area contributed by atoms with Crippen LogP contribution in [0.3, 0.4) is 0 Å². The van der Waals surface area contributed by atoms with Gasteiger partial charge in [0, 0.05) is 12.2 Å². The molecule has 0 unspecified atom stereocenters. The third-order valence-corrected chi connectivity index (χ3v) is 2.98. The Morgan fingerprint density at radius 2 is 1.74 bits per heavy atom. The lowest BCUT2D eigenvalue weighted by atomic mass is 10.2. The largest absolute Gasteiger partial charge is 0.335 e. The number of rotatable bonds is 6. The van der Waals surface area contributed by atoms with E-state index in [4.69, 9.17) is 0 Å². The van der Waals surface area contributed by atoms with Crippen molar-refractivity contribution in [3.8, 4) is 0 Å². The van der Waals surface area contributed by atoms with E-state index >= 15 is 0 Å². The summed E-state index contributed by atoms with van der Waals surface area (Å²) < 4.78 is 0. The van der Waals surface area contributed by atoms with E-state index in [1.165, 1.54) is 5.69 Å². The van der Waals surface area contributed by atoms with Crippen LogP contribution in [-0.4, -0.2) is 32.1 Å². The minimum Gasteiger partial charge on any atom is -0.335 e. The van der Waals surface area contributed by atoms with Crippen molar-refractivity contribution in [3.05, 3.63) is 60.7 Å². The summed E-state index contributed by atoms with van der Waals surface area (Å²) >= 11 is 0. The van der Waals surface area contributed by atoms with Gasteiger partial charge in [-0.25, -0.2) is 0 Å². The highest BCUT2D eigenvalue weighted by Crippen LogP contribution is 2.23. The Balaban J connectivity index is 2.14. The molecule has 98 valence electrons. The molecule has 2 aromatic carbocycles. The van der Waals surface area contributed by atoms with Gasteiger partial charge in [-0.05, 0) is 57.4 Å². The lowest BCUT2D eigenvalue weighted by Crippen LogP contribution is -2.23. The van der Waals surface area contributed by atoms with E-state index < -0.39 is 0 Å². The molecule has 0 aliphatic heterocycles. The summed E-state index contributed by atoms with van der Waals surface area (Å²) in [4.78, 5) is 4.50. The molecular formula is C17H20N2. The van der Waals surface area contributed by atoms with Gasteiger partial charge in [-0.3, -0.25) is 0 Å². The molecular weight excluding hydrogens is 232 g/mol. The molecule has 0 aliphatic carbocycles. The molecule has 2 nitrogen and oxygen atoms in total. The van der Waals surface area contributed by atoms with Crippen molar-refractivity contribution < 1.29 is 0 Å². The summed E-state index contributed by atoms with van der Waals surface area (Å²) in [7, 11) is 4.21. The van der Waals surface area contributed by atoms with E-state index in [9.17, 15) is 0 Å². The lowest BCUT2D eigenvalue weighted by molar-refractivity contribution is 0.402. The van der Waals surface area contributed by atoms with Crippen molar-refractivity contribution in [1.29, 1.82) is 0 Å². The van der Waals surface area contributed by atoms with E-state index in [0.717, 1.165) is 25.2 Å². The Kier molecular flexibility index (Phi) is 4.83. The molecule has 2 aromatic rings. The van der Waals surface area contributed by atoms with Gasteiger partial charge in [-0.1, -0.05) is 30.3 Å². The SMILES string of the molecule is CN(C)CCCN(c1c#cccc1)c1ccccc1. The van der Waals surface area contributed by atoms with Gasteiger partial charge in [0.05, 0.1) is 5.69 Å². The minimum absolute atomic E-state index is 0.983. The van der Waals surface area contributed by atoms with Gasteiger partial charge in [-0.15, -0.1) is 0 Å². The summed E-state index contributed by atoms with van der Waals surface area (Å²) in [6.45, 7) is 2.07. The number of hydrogen-bond acceptors (Lipinski definition) is 2. The van der Waals surface area contributed by atoms with Crippen LogP contribution in [0.5, 0.6) is 0 Å². The third kappa shape index (κ3) is 4.01. The van der Waals surface area contributed by atoms with Crippen molar-refractivity contribution in [1.82, 2.24) is 4.90 Å². The monoisotopic (exact) mass is 252 g/mol. The van der Waals surface area contributed by atoms with E-state index in [-0.39, 0.29) is 0 Å². The summed E-state index contributed by atoms with van der Waals surface area (Å²) in [5, 5.41) is 0. The van der Waals surface area contributed by atoms with Gasteiger partial charge < -0.3 is 9.80 Å². The highest BCUT2D eigenvalue weighted by molar-refractivity contribution is 5.61. The third-order valence-electron chi connectivity index (χ3n) is 2.98. The van der Waals surface area contributed by atoms with E-state index in [0.29, 0.717) is 0 Å². The van der Waals surface area contributed by atoms with Crippen molar-refractivity contribution in [2.24, 2.45) is 0 Å². The second kappa shape index (κ2) is 6.82. The molecule has 2 heteroatoms. The predicted molar refractivity (Wildman–Crippen MR) is 80.7 cm³/mol. The molecule has 0 bridgehead atoms. The fourth-order valence-electron chi connectivity index (χ4n) is 2.04. The van der Waals surface area contributed by atoms with Crippen LogP contribution >= 0.6 is 0 Å². The first-order valence-electron chi connectivity index (χ1n) is 6.63. The molecule has 0 heterocycles. The van der Waals surface area contributed by atoms with Crippen LogP contribution in [0.25, 0.3) is 0 Å². The summed E-state index contributed by atoms with van der Waals surface area (Å²) in [6.07, 6.45) is 1.12. The van der Waals surface area contributed by atoms with E-state index in [2.05, 4.69) is 66.4 Å². The van der Waals surface area contributed by atoms with Crippen LogP contribution in [0.1, 0.15) is 6.42 Å². The Labute approximate surface area is 116 Å². The Bertz CT molecular complexity index is 426. The van der Waals surface area contributed by atoms with Gasteiger partial charge in [0.1, 0.15) is 0 Å². The zero-order valence-corrected chi connectivity index (χ0v) is 11.6. The van der Waals surface area contributed by atoms with Gasteiger partial charge in [0.15, 0.2) is 0 Å². The molecule has 0 aromatic heterocycles. The molecule has 0 saturated heterocycles. The molecule has 0 aliphatic rings. The maximum Gasteiger partial charge on any atom is 0.0927 e. The number of para-hydroxylation sites is 1. The molecule has 0 atom stereocenters. The summed E-state index contributed by atoms with van der Waals surface area (Å²) in [5.74, 6) is 0. The Morgan fingerprint density at radius 3 is 2.37 bits per heavy atom. The molecule has 0 amide bonds. The molecule has 0 saturated carbocycles. The first kappa shape index (κ1) is 13.5. The smallest absolute Gasteiger partial charge is 0.0927 e. The number of hydrogen-bond donors (Lipinski definition) is 0. The number of benzene rings is 1. The van der Waals surface area contributed by atoms with Crippen molar-refractivity contribution >= 4 is 11.4 Å². The van der Waals surface area contributed by atoms with Gasteiger partial charge in [0.2, 0.25) is 0 Å². The van der Waals surface area contributed by atoms with Crippen LogP contribution in [0, 0.1) is 12.1 Å². The molecule has 0 spiro atoms. The highest BCUT2D eigenvalue weighted by Gasteiger charge is 2.08. The Morgan fingerprint density at radius 1 is 0.947 bits per heavy atom. The maximum atomic E-state index is 3.19. The second-order valence-corrected chi connectivity index (χ2v) is 4.82. The predicted octanol–water partition coefficient (Wildman–Crippen LogP) is 3.38. The number of nitrogens with zero attached hydrogens (tertiary/aromatic N) is 2. The molecule has 0 radical (unpaired) electrons. The normalized spacial score (nSPS) is 10.3. The highest BCUT2D eigenvalue weighted by atomic mass is 15.1. The molecule has 0 N–H and O–H groups in total. The van der Waals surface area contributed by atoms with Crippen LogP contribution in [0.4, 0.5) is 11.4 Å².